The van der Waals surface area contributed by atoms with Crippen LogP contribution in [-0.4, -0.2) is 39.1 Å². The van der Waals surface area contributed by atoms with E-state index in [1.807, 2.05) is 12.5 Å². The first-order valence-electron chi connectivity index (χ1n) is 8.47. The molecule has 0 radical (unpaired) electrons. The van der Waals surface area contributed by atoms with Gasteiger partial charge in [0.15, 0.2) is 5.69 Å². The van der Waals surface area contributed by atoms with Gasteiger partial charge in [-0.3, -0.25) is 9.48 Å². The molecule has 2 aromatic rings. The molecule has 0 aromatic carbocycles. The summed E-state index contributed by atoms with van der Waals surface area (Å²) >= 11 is 10.1. The van der Waals surface area contributed by atoms with Crippen molar-refractivity contribution in [1.82, 2.24) is 19.5 Å². The number of aromatic nitrogens is 3. The smallest absolute Gasteiger partial charge is 0.352 e. The number of rotatable bonds is 8. The van der Waals surface area contributed by atoms with Crippen molar-refractivity contribution in [3.05, 3.63) is 22.0 Å². The van der Waals surface area contributed by atoms with Crippen molar-refractivity contribution < 1.29 is 18.0 Å². The number of nitrogens with zero attached hydrogens (tertiary/aromatic N) is 3. The predicted octanol–water partition coefficient (Wildman–Crippen LogP) is 5.15. The van der Waals surface area contributed by atoms with E-state index in [1.54, 1.807) is 0 Å². The molecule has 0 bridgehead atoms. The van der Waals surface area contributed by atoms with Crippen LogP contribution in [0.5, 0.6) is 0 Å². The van der Waals surface area contributed by atoms with Crippen molar-refractivity contribution in [2.45, 2.75) is 47.1 Å². The van der Waals surface area contributed by atoms with E-state index in [9.17, 15) is 18.0 Å². The predicted molar refractivity (Wildman–Crippen MR) is 107 cm³/mol. The van der Waals surface area contributed by atoms with Crippen molar-refractivity contribution in [2.75, 3.05) is 19.1 Å². The Hall–Kier alpha value is -0.910. The van der Waals surface area contributed by atoms with E-state index >= 15 is 0 Å². The second-order valence-corrected chi connectivity index (χ2v) is 9.23. The zero-order valence-corrected chi connectivity index (χ0v) is 18.3. The quantitative estimate of drug-likeness (QED) is 0.427. The lowest BCUT2D eigenvalue weighted by Gasteiger charge is -2.09. The number of aryl methyl sites for hydroxylation is 1. The van der Waals surface area contributed by atoms with Crippen molar-refractivity contribution in [1.29, 1.82) is 0 Å². The molecule has 1 saturated carbocycles. The maximum Gasteiger partial charge on any atom is 0.436 e. The second-order valence-electron chi connectivity index (χ2n) is 6.21. The number of amides is 1. The first kappa shape index (κ1) is 21.8. The van der Waals surface area contributed by atoms with Crippen LogP contribution in [-0.2, 0) is 12.7 Å². The molecule has 1 N–H and O–H groups in total. The highest BCUT2D eigenvalue weighted by molar-refractivity contribution is 8.01. The van der Waals surface area contributed by atoms with Gasteiger partial charge in [0, 0.05) is 19.0 Å². The Morgan fingerprint density at radius 1 is 1.36 bits per heavy atom. The Morgan fingerprint density at radius 2 is 2.07 bits per heavy atom. The number of carbonyl (C=O) groups excluding carboxylic acids is 1. The summed E-state index contributed by atoms with van der Waals surface area (Å²) in [6.07, 6.45) is 1.25. The average Bonchev–Trinajstić information content (AvgIpc) is 3.28. The fourth-order valence-electron chi connectivity index (χ4n) is 2.80. The molecule has 0 spiro atoms. The summed E-state index contributed by atoms with van der Waals surface area (Å²) in [7, 11) is 0. The molecule has 2 heterocycles. The van der Waals surface area contributed by atoms with Crippen molar-refractivity contribution in [3.8, 4) is 0 Å². The van der Waals surface area contributed by atoms with Crippen LogP contribution in [0.15, 0.2) is 9.24 Å². The number of thioether (sulfide) groups is 2. The highest BCUT2D eigenvalue weighted by Gasteiger charge is 2.41. The Kier molecular flexibility index (Phi) is 6.88. The van der Waals surface area contributed by atoms with Gasteiger partial charge in [-0.2, -0.15) is 22.6 Å². The summed E-state index contributed by atoms with van der Waals surface area (Å²) in [5.41, 5.74) is -0.0134. The van der Waals surface area contributed by atoms with Gasteiger partial charge in [-0.25, -0.2) is 0 Å². The van der Waals surface area contributed by atoms with Crippen LogP contribution in [0, 0.1) is 0 Å². The van der Waals surface area contributed by atoms with E-state index in [1.165, 1.54) is 39.7 Å². The lowest BCUT2D eigenvalue weighted by Crippen LogP contribution is -2.26. The van der Waals surface area contributed by atoms with E-state index in [2.05, 4.69) is 14.8 Å². The zero-order valence-electron chi connectivity index (χ0n) is 15.1. The van der Waals surface area contributed by atoms with Crippen molar-refractivity contribution in [2.24, 2.45) is 0 Å². The number of hydrogen-bond donors (Lipinski definition) is 1. The monoisotopic (exact) mass is 470 g/mol. The van der Waals surface area contributed by atoms with Crippen molar-refractivity contribution >= 4 is 52.6 Å². The van der Waals surface area contributed by atoms with Crippen LogP contribution >= 0.6 is 46.7 Å². The summed E-state index contributed by atoms with van der Waals surface area (Å²) in [5.74, 6) is -0.185. The summed E-state index contributed by atoms with van der Waals surface area (Å²) in [6, 6.07) is 0. The minimum Gasteiger partial charge on any atom is -0.352 e. The molecule has 1 aliphatic carbocycles. The molecule has 0 atom stereocenters. The number of alkyl halides is 3. The van der Waals surface area contributed by atoms with Crippen LogP contribution in [0.2, 0.25) is 5.02 Å². The SMILES string of the molecule is CSc1nsc(SC)c1C(=O)NCCCn1nc(C(F)(F)F)c(Cl)c1C1CC1. The van der Waals surface area contributed by atoms with Crippen LogP contribution in [0.1, 0.15) is 46.9 Å². The second kappa shape index (κ2) is 8.85. The topological polar surface area (TPSA) is 59.8 Å². The molecule has 5 nitrogen and oxygen atoms in total. The summed E-state index contributed by atoms with van der Waals surface area (Å²) in [6.45, 7) is 0.577. The highest BCUT2D eigenvalue weighted by atomic mass is 35.5. The molecule has 3 rings (SSSR count). The summed E-state index contributed by atoms with van der Waals surface area (Å²) in [5, 5.41) is 6.90. The summed E-state index contributed by atoms with van der Waals surface area (Å²) in [4.78, 5) is 12.5. The molecule has 2 aromatic heterocycles. The Bertz CT molecular complexity index is 843. The lowest BCUT2D eigenvalue weighted by atomic mass is 10.2. The van der Waals surface area contributed by atoms with Crippen LogP contribution < -0.4 is 5.32 Å². The van der Waals surface area contributed by atoms with Crippen LogP contribution in [0.25, 0.3) is 0 Å². The van der Waals surface area contributed by atoms with Gasteiger partial charge < -0.3 is 5.32 Å². The van der Waals surface area contributed by atoms with Gasteiger partial charge >= 0.3 is 6.18 Å². The van der Waals surface area contributed by atoms with Gasteiger partial charge in [0.25, 0.3) is 5.91 Å². The standard InChI is InChI=1S/C16H18ClF3N4OS3/c1-26-14-9(15(27-2)28-23-14)13(25)21-6-3-7-24-11(8-4-5-8)10(17)12(22-24)16(18,19)20/h8H,3-7H2,1-2H3,(H,21,25). The molecule has 154 valence electrons. The van der Waals surface area contributed by atoms with E-state index in [4.69, 9.17) is 11.6 Å². The summed E-state index contributed by atoms with van der Waals surface area (Å²) < 4.78 is 45.7. The largest absolute Gasteiger partial charge is 0.436 e. The fourth-order valence-corrected chi connectivity index (χ4v) is 5.48. The van der Waals surface area contributed by atoms with E-state index in [-0.39, 0.29) is 23.4 Å². The number of nitrogens with one attached hydrogen (secondary N) is 1. The highest BCUT2D eigenvalue weighted by Crippen LogP contribution is 2.46. The van der Waals surface area contributed by atoms with E-state index in [0.717, 1.165) is 17.1 Å². The molecule has 0 saturated heterocycles. The molecular formula is C16H18ClF3N4OS3. The lowest BCUT2D eigenvalue weighted by molar-refractivity contribution is -0.141. The molecular weight excluding hydrogens is 453 g/mol. The minimum atomic E-state index is -4.57. The third kappa shape index (κ3) is 4.63. The fraction of sp³-hybridized carbons (Fsp3) is 0.562. The maximum atomic E-state index is 13.1. The van der Waals surface area contributed by atoms with Gasteiger partial charge in [-0.05, 0) is 43.3 Å². The average molecular weight is 471 g/mol. The van der Waals surface area contributed by atoms with Gasteiger partial charge in [-0.1, -0.05) is 11.6 Å². The van der Waals surface area contributed by atoms with Crippen molar-refractivity contribution in [3.63, 3.8) is 0 Å². The van der Waals surface area contributed by atoms with Gasteiger partial charge in [-0.15, -0.1) is 23.5 Å². The zero-order chi connectivity index (χ0) is 20.5. The molecule has 28 heavy (non-hydrogen) atoms. The van der Waals surface area contributed by atoms with Crippen LogP contribution in [0.4, 0.5) is 13.2 Å². The molecule has 12 heteroatoms. The van der Waals surface area contributed by atoms with E-state index in [0.29, 0.717) is 29.2 Å². The minimum absolute atomic E-state index is 0.0378. The molecule has 1 fully saturated rings. The van der Waals surface area contributed by atoms with Crippen LogP contribution in [0.3, 0.4) is 0 Å². The Morgan fingerprint density at radius 3 is 2.64 bits per heavy atom. The third-order valence-corrected chi connectivity index (χ3v) is 7.34. The first-order chi connectivity index (χ1) is 13.3. The molecule has 0 aliphatic heterocycles. The number of carbonyl (C=O) groups is 1. The number of halogens is 4. The maximum absolute atomic E-state index is 13.1. The van der Waals surface area contributed by atoms with Gasteiger partial charge in [0.05, 0.1) is 20.5 Å². The van der Waals surface area contributed by atoms with Gasteiger partial charge in [0.2, 0.25) is 0 Å². The van der Waals surface area contributed by atoms with Gasteiger partial charge in [0.1, 0.15) is 5.03 Å². The molecule has 1 aliphatic rings. The normalized spacial score (nSPS) is 14.5. The molecule has 1 amide bonds. The Labute approximate surface area is 177 Å². The first-order valence-corrected chi connectivity index (χ1v) is 12.1. The van der Waals surface area contributed by atoms with E-state index < -0.39 is 11.9 Å². The third-order valence-electron chi connectivity index (χ3n) is 4.23. The Balaban J connectivity index is 1.63. The number of hydrogen-bond acceptors (Lipinski definition) is 6. The molecule has 0 unspecified atom stereocenters.